The number of hydrogen-bond donors (Lipinski definition) is 1. The molecule has 2 aromatic carbocycles. The van der Waals surface area contributed by atoms with Crippen molar-refractivity contribution >= 4 is 23.4 Å². The van der Waals surface area contributed by atoms with Crippen LogP contribution in [0, 0.1) is 5.92 Å². The molecule has 0 bridgehead atoms. The maximum atomic E-state index is 5.92. The van der Waals surface area contributed by atoms with E-state index in [9.17, 15) is 0 Å². The summed E-state index contributed by atoms with van der Waals surface area (Å²) in [5.74, 6) is 0.672. The largest absolute Gasteiger partial charge is 0.312 e. The number of nitrogens with one attached hydrogen (secondary N) is 1. The van der Waals surface area contributed by atoms with E-state index in [1.165, 1.54) is 15.4 Å². The molecule has 1 nitrogen and oxygen atoms in total. The minimum absolute atomic E-state index is 0.672. The van der Waals surface area contributed by atoms with E-state index in [4.69, 9.17) is 11.6 Å². The van der Waals surface area contributed by atoms with Crippen LogP contribution in [-0.2, 0) is 6.54 Å². The second kappa shape index (κ2) is 7.72. The molecule has 3 heteroatoms. The Kier molecular flexibility index (Phi) is 5.96. The highest BCUT2D eigenvalue weighted by molar-refractivity contribution is 7.99. The van der Waals surface area contributed by atoms with Crippen LogP contribution in [-0.4, -0.2) is 6.54 Å². The van der Waals surface area contributed by atoms with Gasteiger partial charge in [0.2, 0.25) is 0 Å². The predicted molar refractivity (Wildman–Crippen MR) is 88.6 cm³/mol. The highest BCUT2D eigenvalue weighted by atomic mass is 35.5. The van der Waals surface area contributed by atoms with Gasteiger partial charge < -0.3 is 5.32 Å². The van der Waals surface area contributed by atoms with Crippen LogP contribution < -0.4 is 5.32 Å². The molecule has 0 fully saturated rings. The van der Waals surface area contributed by atoms with Gasteiger partial charge in [0.1, 0.15) is 0 Å². The van der Waals surface area contributed by atoms with Crippen LogP contribution in [0.2, 0.25) is 5.02 Å². The molecule has 0 saturated carbocycles. The lowest BCUT2D eigenvalue weighted by molar-refractivity contribution is 0.550. The molecule has 20 heavy (non-hydrogen) atoms. The number of benzene rings is 2. The van der Waals surface area contributed by atoms with Gasteiger partial charge in [-0.1, -0.05) is 55.4 Å². The Morgan fingerprint density at radius 2 is 1.75 bits per heavy atom. The first kappa shape index (κ1) is 15.4. The summed E-state index contributed by atoms with van der Waals surface area (Å²) in [5.41, 5.74) is 1.34. The zero-order valence-electron chi connectivity index (χ0n) is 11.9. The molecule has 0 aliphatic heterocycles. The van der Waals surface area contributed by atoms with E-state index in [0.29, 0.717) is 5.92 Å². The second-order valence-corrected chi connectivity index (χ2v) is 6.74. The Hall–Kier alpha value is -0.960. The molecule has 0 amide bonds. The minimum Gasteiger partial charge on any atom is -0.312 e. The highest BCUT2D eigenvalue weighted by Crippen LogP contribution is 2.31. The predicted octanol–water partition coefficient (Wildman–Crippen LogP) is 5.24. The first-order valence-corrected chi connectivity index (χ1v) is 8.06. The monoisotopic (exact) mass is 305 g/mol. The Balaban J connectivity index is 2.05. The first-order chi connectivity index (χ1) is 9.65. The molecular weight excluding hydrogens is 286 g/mol. The van der Waals surface area contributed by atoms with Crippen LogP contribution >= 0.6 is 23.4 Å². The fourth-order valence-corrected chi connectivity index (χ4v) is 2.94. The Morgan fingerprint density at radius 3 is 2.45 bits per heavy atom. The molecular formula is C17H20ClNS. The molecule has 2 rings (SSSR count). The smallest absolute Gasteiger partial charge is 0.0406 e. The molecule has 0 unspecified atom stereocenters. The third-order valence-electron chi connectivity index (χ3n) is 2.88. The average Bonchev–Trinajstić information content (AvgIpc) is 2.43. The molecule has 0 aliphatic rings. The first-order valence-electron chi connectivity index (χ1n) is 6.87. The third kappa shape index (κ3) is 4.86. The average molecular weight is 306 g/mol. The number of hydrogen-bond acceptors (Lipinski definition) is 2. The van der Waals surface area contributed by atoms with Crippen LogP contribution in [0.5, 0.6) is 0 Å². The van der Waals surface area contributed by atoms with E-state index in [0.717, 1.165) is 18.1 Å². The van der Waals surface area contributed by atoms with Crippen LogP contribution in [0.4, 0.5) is 0 Å². The van der Waals surface area contributed by atoms with E-state index < -0.39 is 0 Å². The van der Waals surface area contributed by atoms with Crippen molar-refractivity contribution in [3.8, 4) is 0 Å². The zero-order valence-corrected chi connectivity index (χ0v) is 13.5. The molecule has 2 aromatic rings. The van der Waals surface area contributed by atoms with Crippen molar-refractivity contribution in [1.82, 2.24) is 5.32 Å². The molecule has 0 radical (unpaired) electrons. The van der Waals surface area contributed by atoms with Crippen molar-refractivity contribution in [3.05, 3.63) is 59.1 Å². The van der Waals surface area contributed by atoms with Crippen molar-refractivity contribution < 1.29 is 0 Å². The summed E-state index contributed by atoms with van der Waals surface area (Å²) in [5, 5.41) is 4.28. The van der Waals surface area contributed by atoms with Gasteiger partial charge in [-0.05, 0) is 48.4 Å². The quantitative estimate of drug-likeness (QED) is 0.783. The molecule has 0 aromatic heterocycles. The summed E-state index contributed by atoms with van der Waals surface area (Å²) in [6, 6.07) is 16.5. The van der Waals surface area contributed by atoms with Gasteiger partial charge in [0.05, 0.1) is 0 Å². The van der Waals surface area contributed by atoms with E-state index >= 15 is 0 Å². The van der Waals surface area contributed by atoms with Crippen molar-refractivity contribution in [2.45, 2.75) is 30.2 Å². The van der Waals surface area contributed by atoms with E-state index in [-0.39, 0.29) is 0 Å². The van der Waals surface area contributed by atoms with Crippen LogP contribution in [0.1, 0.15) is 19.4 Å². The summed E-state index contributed by atoms with van der Waals surface area (Å²) >= 11 is 7.71. The molecule has 0 heterocycles. The summed E-state index contributed by atoms with van der Waals surface area (Å²) in [4.78, 5) is 2.51. The van der Waals surface area contributed by atoms with Gasteiger partial charge in [-0.15, -0.1) is 0 Å². The maximum absolute atomic E-state index is 5.92. The van der Waals surface area contributed by atoms with E-state index in [2.05, 4.69) is 55.6 Å². The lowest BCUT2D eigenvalue weighted by Crippen LogP contribution is -2.19. The minimum atomic E-state index is 0.672. The van der Waals surface area contributed by atoms with Crippen molar-refractivity contribution in [2.24, 2.45) is 5.92 Å². The highest BCUT2D eigenvalue weighted by Gasteiger charge is 2.04. The summed E-state index contributed by atoms with van der Waals surface area (Å²) in [6.07, 6.45) is 0. The Bertz CT molecular complexity index is 537. The van der Waals surface area contributed by atoms with Crippen LogP contribution in [0.15, 0.2) is 58.3 Å². The van der Waals surface area contributed by atoms with Gasteiger partial charge >= 0.3 is 0 Å². The summed E-state index contributed by atoms with van der Waals surface area (Å²) in [7, 11) is 0. The maximum Gasteiger partial charge on any atom is 0.0406 e. The van der Waals surface area contributed by atoms with Gasteiger partial charge in [0.15, 0.2) is 0 Å². The third-order valence-corrected chi connectivity index (χ3v) is 4.26. The fraction of sp³-hybridized carbons (Fsp3) is 0.294. The summed E-state index contributed by atoms with van der Waals surface area (Å²) < 4.78 is 0. The standard InChI is InChI=1S/C17H20ClNS/c1-13(2)11-19-12-14-5-3-4-6-17(14)20-16-9-7-15(18)8-10-16/h3-10,13,19H,11-12H2,1-2H3. The van der Waals surface area contributed by atoms with Crippen LogP contribution in [0.3, 0.4) is 0 Å². The molecule has 0 aliphatic carbocycles. The molecule has 0 saturated heterocycles. The Morgan fingerprint density at radius 1 is 1.05 bits per heavy atom. The van der Waals surface area contributed by atoms with Gasteiger partial charge in [0, 0.05) is 21.4 Å². The van der Waals surface area contributed by atoms with Gasteiger partial charge in [-0.25, -0.2) is 0 Å². The topological polar surface area (TPSA) is 12.0 Å². The van der Waals surface area contributed by atoms with Crippen LogP contribution in [0.25, 0.3) is 0 Å². The summed E-state index contributed by atoms with van der Waals surface area (Å²) in [6.45, 7) is 6.40. The lowest BCUT2D eigenvalue weighted by Gasteiger charge is -2.11. The molecule has 1 N–H and O–H groups in total. The fourth-order valence-electron chi connectivity index (χ4n) is 1.87. The van der Waals surface area contributed by atoms with Crippen molar-refractivity contribution in [1.29, 1.82) is 0 Å². The second-order valence-electron chi connectivity index (χ2n) is 5.19. The number of rotatable bonds is 6. The van der Waals surface area contributed by atoms with E-state index in [1.54, 1.807) is 11.8 Å². The van der Waals surface area contributed by atoms with Gasteiger partial charge in [0.25, 0.3) is 0 Å². The SMILES string of the molecule is CC(C)CNCc1ccccc1Sc1ccc(Cl)cc1. The lowest BCUT2D eigenvalue weighted by atomic mass is 10.2. The van der Waals surface area contributed by atoms with Gasteiger partial charge in [-0.3, -0.25) is 0 Å². The van der Waals surface area contributed by atoms with E-state index in [1.807, 2.05) is 12.1 Å². The van der Waals surface area contributed by atoms with Gasteiger partial charge in [-0.2, -0.15) is 0 Å². The normalized spacial score (nSPS) is 11.0. The number of halogens is 1. The Labute approximate surface area is 130 Å². The zero-order chi connectivity index (χ0) is 14.4. The molecule has 0 atom stereocenters. The molecule has 0 spiro atoms. The molecule has 106 valence electrons. The van der Waals surface area contributed by atoms with Crippen molar-refractivity contribution in [2.75, 3.05) is 6.54 Å². The van der Waals surface area contributed by atoms with Crippen molar-refractivity contribution in [3.63, 3.8) is 0 Å².